The molecule has 1 aliphatic heterocycles. The van der Waals surface area contributed by atoms with Gasteiger partial charge in [0.2, 0.25) is 11.8 Å². The van der Waals surface area contributed by atoms with Gasteiger partial charge in [-0.25, -0.2) is 0 Å². The maximum Gasteiger partial charge on any atom is 0.230 e. The molecule has 0 saturated carbocycles. The minimum atomic E-state index is 0.589. The minimum Gasteiger partial charge on any atom is -0.424 e. The normalized spacial score (nSPS) is 21.9. The van der Waals surface area contributed by atoms with Crippen LogP contribution in [0.2, 0.25) is 0 Å². The SMILES string of the molecule is CCc1nnc(CN2CCCCC2CCN)o1. The lowest BCUT2D eigenvalue weighted by atomic mass is 9.99. The van der Waals surface area contributed by atoms with E-state index < -0.39 is 0 Å². The van der Waals surface area contributed by atoms with Gasteiger partial charge in [-0.05, 0) is 32.4 Å². The number of hydrogen-bond acceptors (Lipinski definition) is 5. The van der Waals surface area contributed by atoms with Gasteiger partial charge < -0.3 is 10.2 Å². The third-order valence-electron chi connectivity index (χ3n) is 3.40. The predicted molar refractivity (Wildman–Crippen MR) is 65.4 cm³/mol. The molecule has 0 amide bonds. The molecule has 0 bridgehead atoms. The molecule has 1 aromatic rings. The molecule has 0 spiro atoms. The Kier molecular flexibility index (Phi) is 4.50. The Labute approximate surface area is 102 Å². The van der Waals surface area contributed by atoms with Gasteiger partial charge in [0, 0.05) is 12.5 Å². The number of aromatic nitrogens is 2. The number of hydrogen-bond donors (Lipinski definition) is 1. The van der Waals surface area contributed by atoms with E-state index in [1.54, 1.807) is 0 Å². The standard InChI is InChI=1S/C12H22N4O/c1-2-11-14-15-12(17-11)9-16-8-4-3-5-10(16)6-7-13/h10H,2-9,13H2,1H3. The number of nitrogens with zero attached hydrogens (tertiary/aromatic N) is 3. The zero-order valence-corrected chi connectivity index (χ0v) is 10.6. The summed E-state index contributed by atoms with van der Waals surface area (Å²) in [6, 6.07) is 0.589. The number of likely N-dealkylation sites (tertiary alicyclic amines) is 1. The van der Waals surface area contributed by atoms with E-state index in [1.165, 1.54) is 19.3 Å². The molecule has 0 aliphatic carbocycles. The van der Waals surface area contributed by atoms with Gasteiger partial charge in [0.1, 0.15) is 0 Å². The highest BCUT2D eigenvalue weighted by Gasteiger charge is 2.23. The van der Waals surface area contributed by atoms with Crippen LogP contribution in [-0.2, 0) is 13.0 Å². The lowest BCUT2D eigenvalue weighted by molar-refractivity contribution is 0.121. The molecular formula is C12H22N4O. The van der Waals surface area contributed by atoms with Crippen molar-refractivity contribution < 1.29 is 4.42 Å². The van der Waals surface area contributed by atoms with Crippen LogP contribution in [0.15, 0.2) is 4.42 Å². The van der Waals surface area contributed by atoms with Crippen LogP contribution in [-0.4, -0.2) is 34.2 Å². The van der Waals surface area contributed by atoms with Crippen LogP contribution < -0.4 is 5.73 Å². The summed E-state index contributed by atoms with van der Waals surface area (Å²) in [7, 11) is 0. The van der Waals surface area contributed by atoms with E-state index in [2.05, 4.69) is 15.1 Å². The molecule has 5 heteroatoms. The second kappa shape index (κ2) is 6.12. The first-order chi connectivity index (χ1) is 8.33. The zero-order valence-electron chi connectivity index (χ0n) is 10.6. The average Bonchev–Trinajstić information content (AvgIpc) is 2.80. The Morgan fingerprint density at radius 3 is 2.88 bits per heavy atom. The van der Waals surface area contributed by atoms with E-state index in [1.807, 2.05) is 6.92 Å². The van der Waals surface area contributed by atoms with E-state index in [-0.39, 0.29) is 0 Å². The molecule has 1 unspecified atom stereocenters. The van der Waals surface area contributed by atoms with Gasteiger partial charge in [0.05, 0.1) is 6.54 Å². The largest absolute Gasteiger partial charge is 0.424 e. The summed E-state index contributed by atoms with van der Waals surface area (Å²) in [4.78, 5) is 2.43. The van der Waals surface area contributed by atoms with Gasteiger partial charge in [0.15, 0.2) is 0 Å². The van der Waals surface area contributed by atoms with Gasteiger partial charge in [-0.2, -0.15) is 0 Å². The predicted octanol–water partition coefficient (Wildman–Crippen LogP) is 1.34. The molecule has 2 rings (SSSR count). The summed E-state index contributed by atoms with van der Waals surface area (Å²) in [6.07, 6.45) is 5.68. The fourth-order valence-corrected chi connectivity index (χ4v) is 2.46. The molecular weight excluding hydrogens is 216 g/mol. The van der Waals surface area contributed by atoms with Gasteiger partial charge in [-0.15, -0.1) is 10.2 Å². The molecule has 1 aliphatic rings. The fourth-order valence-electron chi connectivity index (χ4n) is 2.46. The van der Waals surface area contributed by atoms with Gasteiger partial charge in [-0.3, -0.25) is 4.90 Å². The van der Waals surface area contributed by atoms with Crippen molar-refractivity contribution in [2.24, 2.45) is 5.73 Å². The molecule has 5 nitrogen and oxygen atoms in total. The first kappa shape index (κ1) is 12.5. The van der Waals surface area contributed by atoms with Gasteiger partial charge in [0.25, 0.3) is 0 Å². The van der Waals surface area contributed by atoms with Crippen molar-refractivity contribution in [3.05, 3.63) is 11.8 Å². The molecule has 1 fully saturated rings. The van der Waals surface area contributed by atoms with Crippen LogP contribution in [0.4, 0.5) is 0 Å². The Morgan fingerprint density at radius 2 is 2.18 bits per heavy atom. The van der Waals surface area contributed by atoms with E-state index in [4.69, 9.17) is 10.2 Å². The zero-order chi connectivity index (χ0) is 12.1. The van der Waals surface area contributed by atoms with Crippen molar-refractivity contribution in [2.75, 3.05) is 13.1 Å². The molecule has 17 heavy (non-hydrogen) atoms. The van der Waals surface area contributed by atoms with Crippen LogP contribution in [0.25, 0.3) is 0 Å². The molecule has 2 N–H and O–H groups in total. The summed E-state index contributed by atoms with van der Waals surface area (Å²) in [6.45, 7) is 4.67. The highest BCUT2D eigenvalue weighted by Crippen LogP contribution is 2.21. The summed E-state index contributed by atoms with van der Waals surface area (Å²) < 4.78 is 5.57. The number of piperidine rings is 1. The summed E-state index contributed by atoms with van der Waals surface area (Å²) >= 11 is 0. The van der Waals surface area contributed by atoms with E-state index in [9.17, 15) is 0 Å². The molecule has 1 atom stereocenters. The molecule has 0 radical (unpaired) electrons. The molecule has 1 saturated heterocycles. The maximum absolute atomic E-state index is 5.66. The Hall–Kier alpha value is -0.940. The topological polar surface area (TPSA) is 68.2 Å². The lowest BCUT2D eigenvalue weighted by Crippen LogP contribution is -2.40. The van der Waals surface area contributed by atoms with Crippen LogP contribution in [0.3, 0.4) is 0 Å². The maximum atomic E-state index is 5.66. The summed E-state index contributed by atoms with van der Waals surface area (Å²) in [5, 5.41) is 8.09. The Balaban J connectivity index is 1.95. The summed E-state index contributed by atoms with van der Waals surface area (Å²) in [5.74, 6) is 1.47. The second-order valence-electron chi connectivity index (χ2n) is 4.64. The van der Waals surface area contributed by atoms with Gasteiger partial charge >= 0.3 is 0 Å². The molecule has 96 valence electrons. The molecule has 0 aromatic carbocycles. The number of rotatable bonds is 5. The molecule has 1 aromatic heterocycles. The summed E-state index contributed by atoms with van der Waals surface area (Å²) in [5.41, 5.74) is 5.66. The van der Waals surface area contributed by atoms with Crippen molar-refractivity contribution in [1.29, 1.82) is 0 Å². The van der Waals surface area contributed by atoms with Crippen molar-refractivity contribution >= 4 is 0 Å². The highest BCUT2D eigenvalue weighted by atomic mass is 16.4. The fraction of sp³-hybridized carbons (Fsp3) is 0.833. The Morgan fingerprint density at radius 1 is 1.35 bits per heavy atom. The Bertz CT molecular complexity index is 337. The molecule has 2 heterocycles. The average molecular weight is 238 g/mol. The highest BCUT2D eigenvalue weighted by molar-refractivity contribution is 4.85. The number of nitrogens with two attached hydrogens (primary N) is 1. The first-order valence-electron chi connectivity index (χ1n) is 6.59. The third-order valence-corrected chi connectivity index (χ3v) is 3.40. The van der Waals surface area contributed by atoms with Crippen LogP contribution in [0.1, 0.15) is 44.4 Å². The third kappa shape index (κ3) is 3.26. The van der Waals surface area contributed by atoms with Crippen LogP contribution in [0, 0.1) is 0 Å². The van der Waals surface area contributed by atoms with Crippen molar-refractivity contribution in [3.8, 4) is 0 Å². The van der Waals surface area contributed by atoms with E-state index >= 15 is 0 Å². The lowest BCUT2D eigenvalue weighted by Gasteiger charge is -2.34. The monoisotopic (exact) mass is 238 g/mol. The minimum absolute atomic E-state index is 0.589. The van der Waals surface area contributed by atoms with Crippen molar-refractivity contribution in [3.63, 3.8) is 0 Å². The van der Waals surface area contributed by atoms with E-state index in [0.29, 0.717) is 6.04 Å². The van der Waals surface area contributed by atoms with Crippen molar-refractivity contribution in [2.45, 2.75) is 51.6 Å². The quantitative estimate of drug-likeness (QED) is 0.838. The van der Waals surface area contributed by atoms with Crippen LogP contribution >= 0.6 is 0 Å². The second-order valence-corrected chi connectivity index (χ2v) is 4.64. The van der Waals surface area contributed by atoms with Crippen molar-refractivity contribution in [1.82, 2.24) is 15.1 Å². The van der Waals surface area contributed by atoms with Gasteiger partial charge in [-0.1, -0.05) is 13.3 Å². The van der Waals surface area contributed by atoms with Crippen LogP contribution in [0.5, 0.6) is 0 Å². The number of aryl methyl sites for hydroxylation is 1. The van der Waals surface area contributed by atoms with E-state index in [0.717, 1.165) is 44.3 Å². The smallest absolute Gasteiger partial charge is 0.230 e. The first-order valence-corrected chi connectivity index (χ1v) is 6.59.